The molecular formula is C11H13ClINOS. The zero-order valence-electron chi connectivity index (χ0n) is 8.79. The minimum Gasteiger partial charge on any atom is -0.338 e. The second-order valence-electron chi connectivity index (χ2n) is 4.02. The smallest absolute Gasteiger partial charge is 0.254 e. The van der Waals surface area contributed by atoms with Gasteiger partial charge in [0.05, 0.1) is 8.45 Å². The molecule has 0 spiro atoms. The molecule has 1 aromatic rings. The number of amides is 1. The summed E-state index contributed by atoms with van der Waals surface area (Å²) >= 11 is 9.59. The van der Waals surface area contributed by atoms with E-state index in [1.54, 1.807) is 11.3 Å². The van der Waals surface area contributed by atoms with Crippen molar-refractivity contribution in [2.45, 2.75) is 12.8 Å². The maximum absolute atomic E-state index is 12.1. The van der Waals surface area contributed by atoms with E-state index in [4.69, 9.17) is 11.6 Å². The van der Waals surface area contributed by atoms with Crippen LogP contribution in [0.25, 0.3) is 0 Å². The molecular weight excluding hydrogens is 357 g/mol. The molecule has 1 aliphatic rings. The van der Waals surface area contributed by atoms with E-state index in [0.717, 1.165) is 34.4 Å². The maximum Gasteiger partial charge on any atom is 0.254 e. The van der Waals surface area contributed by atoms with Crippen LogP contribution in [0.1, 0.15) is 23.2 Å². The van der Waals surface area contributed by atoms with Crippen molar-refractivity contribution in [1.82, 2.24) is 4.90 Å². The summed E-state index contributed by atoms with van der Waals surface area (Å²) in [6.45, 7) is 1.75. The van der Waals surface area contributed by atoms with Crippen molar-refractivity contribution in [2.75, 3.05) is 19.0 Å². The Morgan fingerprint density at radius 1 is 1.69 bits per heavy atom. The van der Waals surface area contributed by atoms with Gasteiger partial charge < -0.3 is 4.90 Å². The third-order valence-corrected chi connectivity index (χ3v) is 4.91. The lowest BCUT2D eigenvalue weighted by Gasteiger charge is -2.15. The van der Waals surface area contributed by atoms with Gasteiger partial charge in [-0.05, 0) is 47.4 Å². The highest BCUT2D eigenvalue weighted by Gasteiger charge is 2.26. The van der Waals surface area contributed by atoms with Crippen LogP contribution in [-0.4, -0.2) is 29.8 Å². The van der Waals surface area contributed by atoms with Crippen LogP contribution in [0.2, 0.25) is 0 Å². The van der Waals surface area contributed by atoms with E-state index in [-0.39, 0.29) is 5.91 Å². The van der Waals surface area contributed by atoms with E-state index in [0.29, 0.717) is 11.8 Å². The number of alkyl halides is 1. The molecule has 0 radical (unpaired) electrons. The second-order valence-corrected chi connectivity index (χ2v) is 7.21. The second kappa shape index (κ2) is 5.69. The number of likely N-dealkylation sites (tertiary alicyclic amines) is 1. The molecule has 1 aromatic heterocycles. The fraction of sp³-hybridized carbons (Fsp3) is 0.545. The minimum absolute atomic E-state index is 0.177. The van der Waals surface area contributed by atoms with E-state index in [1.165, 1.54) is 0 Å². The quantitative estimate of drug-likeness (QED) is 0.590. The number of thiophene rings is 1. The monoisotopic (exact) mass is 369 g/mol. The first-order valence-corrected chi connectivity index (χ1v) is 7.79. The average molecular weight is 370 g/mol. The predicted molar refractivity (Wildman–Crippen MR) is 76.4 cm³/mol. The molecule has 2 heterocycles. The Morgan fingerprint density at radius 3 is 3.12 bits per heavy atom. The first-order valence-electron chi connectivity index (χ1n) is 5.30. The van der Waals surface area contributed by atoms with E-state index in [2.05, 4.69) is 22.6 Å². The lowest BCUT2D eigenvalue weighted by atomic mass is 10.1. The van der Waals surface area contributed by atoms with Gasteiger partial charge in [0, 0.05) is 24.3 Å². The summed E-state index contributed by atoms with van der Waals surface area (Å²) < 4.78 is 1.16. The average Bonchev–Trinajstić information content (AvgIpc) is 2.87. The fourth-order valence-electron chi connectivity index (χ4n) is 2.01. The van der Waals surface area contributed by atoms with Crippen LogP contribution in [0.15, 0.2) is 11.4 Å². The largest absolute Gasteiger partial charge is 0.338 e. The van der Waals surface area contributed by atoms with Crippen molar-refractivity contribution in [1.29, 1.82) is 0 Å². The molecule has 0 bridgehead atoms. The van der Waals surface area contributed by atoms with Crippen molar-refractivity contribution in [2.24, 2.45) is 5.92 Å². The summed E-state index contributed by atoms with van der Waals surface area (Å²) in [6.07, 6.45) is 2.12. The molecule has 2 rings (SSSR count). The summed E-state index contributed by atoms with van der Waals surface area (Å²) in [5.41, 5.74) is 0.834. The standard InChI is InChI=1S/C11H13ClINOS/c12-3-1-8-2-4-14(6-8)11(15)9-5-10(13)16-7-9/h5,7-8H,1-4,6H2. The molecule has 0 saturated carbocycles. The molecule has 1 saturated heterocycles. The highest BCUT2D eigenvalue weighted by atomic mass is 127. The van der Waals surface area contributed by atoms with Gasteiger partial charge in [0.15, 0.2) is 0 Å². The molecule has 1 atom stereocenters. The van der Waals surface area contributed by atoms with Gasteiger partial charge >= 0.3 is 0 Å². The summed E-state index contributed by atoms with van der Waals surface area (Å²) in [7, 11) is 0. The van der Waals surface area contributed by atoms with Crippen molar-refractivity contribution in [3.63, 3.8) is 0 Å². The molecule has 0 N–H and O–H groups in total. The van der Waals surface area contributed by atoms with Gasteiger partial charge in [-0.2, -0.15) is 0 Å². The van der Waals surface area contributed by atoms with Gasteiger partial charge in [-0.1, -0.05) is 0 Å². The molecule has 1 fully saturated rings. The Labute approximate surface area is 118 Å². The van der Waals surface area contributed by atoms with Crippen LogP contribution in [0.5, 0.6) is 0 Å². The van der Waals surface area contributed by atoms with Gasteiger partial charge in [0.2, 0.25) is 0 Å². The first-order chi connectivity index (χ1) is 7.70. The van der Waals surface area contributed by atoms with E-state index in [1.807, 2.05) is 16.3 Å². The highest BCUT2D eigenvalue weighted by Crippen LogP contribution is 2.24. The maximum atomic E-state index is 12.1. The van der Waals surface area contributed by atoms with Crippen LogP contribution in [0, 0.1) is 8.80 Å². The number of halogens is 2. The Kier molecular flexibility index (Phi) is 4.49. The molecule has 1 amide bonds. The first kappa shape index (κ1) is 12.6. The van der Waals surface area contributed by atoms with Gasteiger partial charge in [0.1, 0.15) is 0 Å². The predicted octanol–water partition coefficient (Wildman–Crippen LogP) is 3.44. The fourth-order valence-corrected chi connectivity index (χ4v) is 3.64. The molecule has 16 heavy (non-hydrogen) atoms. The van der Waals surface area contributed by atoms with Gasteiger partial charge in [-0.25, -0.2) is 0 Å². The van der Waals surface area contributed by atoms with Gasteiger partial charge in [-0.3, -0.25) is 4.79 Å². The number of carbonyl (C=O) groups is 1. The van der Waals surface area contributed by atoms with Crippen molar-refractivity contribution >= 4 is 51.4 Å². The van der Waals surface area contributed by atoms with Crippen LogP contribution in [-0.2, 0) is 0 Å². The molecule has 88 valence electrons. The third-order valence-electron chi connectivity index (χ3n) is 2.90. The van der Waals surface area contributed by atoms with Crippen LogP contribution >= 0.6 is 45.5 Å². The van der Waals surface area contributed by atoms with Crippen LogP contribution in [0.3, 0.4) is 0 Å². The molecule has 0 aromatic carbocycles. The number of hydrogen-bond acceptors (Lipinski definition) is 2. The Bertz CT molecular complexity index is 382. The lowest BCUT2D eigenvalue weighted by molar-refractivity contribution is 0.0787. The summed E-state index contributed by atoms with van der Waals surface area (Å²) in [6, 6.07) is 1.96. The number of rotatable bonds is 3. The molecule has 2 nitrogen and oxygen atoms in total. The third kappa shape index (κ3) is 2.90. The Morgan fingerprint density at radius 2 is 2.50 bits per heavy atom. The minimum atomic E-state index is 0.177. The van der Waals surface area contributed by atoms with Crippen molar-refractivity contribution < 1.29 is 4.79 Å². The van der Waals surface area contributed by atoms with Crippen molar-refractivity contribution in [3.8, 4) is 0 Å². The van der Waals surface area contributed by atoms with Gasteiger partial charge in [-0.15, -0.1) is 22.9 Å². The normalized spacial score (nSPS) is 20.4. The van der Waals surface area contributed by atoms with Gasteiger partial charge in [0.25, 0.3) is 5.91 Å². The Hall–Kier alpha value is 0.190. The zero-order valence-corrected chi connectivity index (χ0v) is 12.5. The molecule has 0 aliphatic carbocycles. The number of carbonyl (C=O) groups excluding carboxylic acids is 1. The molecule has 1 unspecified atom stereocenters. The number of nitrogens with zero attached hydrogens (tertiary/aromatic N) is 1. The van der Waals surface area contributed by atoms with Crippen LogP contribution in [0.4, 0.5) is 0 Å². The topological polar surface area (TPSA) is 20.3 Å². The summed E-state index contributed by atoms with van der Waals surface area (Å²) in [5.74, 6) is 1.47. The van der Waals surface area contributed by atoms with Crippen molar-refractivity contribution in [3.05, 3.63) is 19.9 Å². The van der Waals surface area contributed by atoms with Crippen LogP contribution < -0.4 is 0 Å². The van der Waals surface area contributed by atoms with E-state index >= 15 is 0 Å². The SMILES string of the molecule is O=C(c1csc(I)c1)N1CCC(CCCl)C1. The summed E-state index contributed by atoms with van der Waals surface area (Å²) in [5, 5.41) is 1.94. The molecule has 1 aliphatic heterocycles. The zero-order chi connectivity index (χ0) is 11.5. The highest BCUT2D eigenvalue weighted by molar-refractivity contribution is 14.1. The summed E-state index contributed by atoms with van der Waals surface area (Å²) in [4.78, 5) is 14.1. The number of hydrogen-bond donors (Lipinski definition) is 0. The lowest BCUT2D eigenvalue weighted by Crippen LogP contribution is -2.28. The van der Waals surface area contributed by atoms with E-state index < -0.39 is 0 Å². The Balaban J connectivity index is 1.97. The molecule has 5 heteroatoms. The van der Waals surface area contributed by atoms with E-state index in [9.17, 15) is 4.79 Å².